The number of nitrogens with zero attached hydrogens (tertiary/aromatic N) is 1. The number of halogens is 1. The molecular weight excluding hydrogens is 313 g/mol. The van der Waals surface area contributed by atoms with Gasteiger partial charge in [-0.15, -0.1) is 0 Å². The van der Waals surface area contributed by atoms with Gasteiger partial charge < -0.3 is 9.84 Å². The maximum Gasteiger partial charge on any atom is 0.261 e. The predicted octanol–water partition coefficient (Wildman–Crippen LogP) is 2.00. The highest BCUT2D eigenvalue weighted by molar-refractivity contribution is 6.21. The fourth-order valence-corrected chi connectivity index (χ4v) is 2.59. The van der Waals surface area contributed by atoms with E-state index in [4.69, 9.17) is 4.74 Å². The van der Waals surface area contributed by atoms with E-state index in [9.17, 15) is 19.1 Å². The lowest BCUT2D eigenvalue weighted by atomic mass is 10.1. The van der Waals surface area contributed by atoms with Crippen molar-refractivity contribution in [3.05, 3.63) is 71.0 Å². The number of aliphatic hydroxyl groups excluding tert-OH is 1. The first-order valence-electron chi connectivity index (χ1n) is 7.52. The van der Waals surface area contributed by atoms with Gasteiger partial charge in [0.1, 0.15) is 5.82 Å². The number of imide groups is 1. The number of ether oxygens (including phenoxy) is 1. The van der Waals surface area contributed by atoms with Crippen LogP contribution in [0.15, 0.2) is 48.5 Å². The quantitative estimate of drug-likeness (QED) is 0.823. The number of rotatable bonds is 6. The van der Waals surface area contributed by atoms with Crippen LogP contribution in [0.2, 0.25) is 0 Å². The third-order valence-corrected chi connectivity index (χ3v) is 3.80. The summed E-state index contributed by atoms with van der Waals surface area (Å²) >= 11 is 0. The van der Waals surface area contributed by atoms with E-state index in [1.165, 1.54) is 6.07 Å². The van der Waals surface area contributed by atoms with Gasteiger partial charge in [0.25, 0.3) is 11.8 Å². The Morgan fingerprint density at radius 2 is 1.58 bits per heavy atom. The number of hydrogen-bond acceptors (Lipinski definition) is 4. The van der Waals surface area contributed by atoms with Gasteiger partial charge >= 0.3 is 0 Å². The van der Waals surface area contributed by atoms with Crippen LogP contribution < -0.4 is 0 Å². The number of fused-ring (bicyclic) bond motifs is 1. The van der Waals surface area contributed by atoms with Gasteiger partial charge in [-0.1, -0.05) is 30.3 Å². The Morgan fingerprint density at radius 3 is 2.21 bits per heavy atom. The molecule has 1 N–H and O–H groups in total. The van der Waals surface area contributed by atoms with Gasteiger partial charge in [0.05, 0.1) is 37.0 Å². The van der Waals surface area contributed by atoms with Crippen molar-refractivity contribution < 1.29 is 23.8 Å². The van der Waals surface area contributed by atoms with E-state index in [2.05, 4.69) is 0 Å². The van der Waals surface area contributed by atoms with Gasteiger partial charge in [-0.3, -0.25) is 14.5 Å². The minimum atomic E-state index is -1.04. The zero-order valence-electron chi connectivity index (χ0n) is 12.8. The van der Waals surface area contributed by atoms with Crippen LogP contribution in [-0.2, 0) is 11.3 Å². The zero-order valence-corrected chi connectivity index (χ0v) is 12.8. The summed E-state index contributed by atoms with van der Waals surface area (Å²) in [5.41, 5.74) is 1.05. The van der Waals surface area contributed by atoms with E-state index in [1.807, 2.05) is 0 Å². The van der Waals surface area contributed by atoms with Crippen LogP contribution in [-0.4, -0.2) is 41.1 Å². The monoisotopic (exact) mass is 329 g/mol. The molecule has 0 saturated carbocycles. The summed E-state index contributed by atoms with van der Waals surface area (Å²) < 4.78 is 18.7. The highest BCUT2D eigenvalue weighted by atomic mass is 19.1. The second-order valence-corrected chi connectivity index (χ2v) is 5.53. The lowest BCUT2D eigenvalue weighted by molar-refractivity contribution is 0.0113. The molecule has 6 heteroatoms. The first-order chi connectivity index (χ1) is 11.6. The fourth-order valence-electron chi connectivity index (χ4n) is 2.59. The SMILES string of the molecule is O=C1c2ccccc2C(=O)N1CC(O)COCc1ccccc1F. The Hall–Kier alpha value is -2.57. The van der Waals surface area contributed by atoms with Crippen molar-refractivity contribution in [3.8, 4) is 0 Å². The van der Waals surface area contributed by atoms with Crippen LogP contribution in [0.5, 0.6) is 0 Å². The molecule has 5 nitrogen and oxygen atoms in total. The summed E-state index contributed by atoms with van der Waals surface area (Å²) in [5.74, 6) is -1.24. The van der Waals surface area contributed by atoms with Crippen LogP contribution in [0.1, 0.15) is 26.3 Å². The van der Waals surface area contributed by atoms with Crippen molar-refractivity contribution in [2.24, 2.45) is 0 Å². The first kappa shape index (κ1) is 16.3. The molecule has 0 saturated heterocycles. The van der Waals surface area contributed by atoms with Crippen LogP contribution in [0.3, 0.4) is 0 Å². The van der Waals surface area contributed by atoms with E-state index in [-0.39, 0.29) is 25.6 Å². The van der Waals surface area contributed by atoms with Crippen molar-refractivity contribution in [2.45, 2.75) is 12.7 Å². The number of amides is 2. The Morgan fingerprint density at radius 1 is 1.00 bits per heavy atom. The molecule has 2 amide bonds. The average molecular weight is 329 g/mol. The molecule has 1 atom stereocenters. The summed E-state index contributed by atoms with van der Waals surface area (Å²) in [5, 5.41) is 10.0. The van der Waals surface area contributed by atoms with Gasteiger partial charge in [0.2, 0.25) is 0 Å². The Kier molecular flexibility index (Phi) is 4.69. The molecule has 0 fully saturated rings. The first-order valence-corrected chi connectivity index (χ1v) is 7.52. The molecule has 0 aromatic heterocycles. The third-order valence-electron chi connectivity index (χ3n) is 3.80. The molecule has 124 valence electrons. The maximum absolute atomic E-state index is 13.5. The molecule has 0 radical (unpaired) electrons. The molecule has 24 heavy (non-hydrogen) atoms. The third kappa shape index (κ3) is 3.20. The number of carbonyl (C=O) groups is 2. The molecule has 0 spiro atoms. The average Bonchev–Trinajstić information content (AvgIpc) is 2.82. The second-order valence-electron chi connectivity index (χ2n) is 5.53. The van der Waals surface area contributed by atoms with E-state index in [0.717, 1.165) is 4.90 Å². The van der Waals surface area contributed by atoms with Crippen molar-refractivity contribution in [3.63, 3.8) is 0 Å². The number of aliphatic hydroxyl groups is 1. The molecule has 3 rings (SSSR count). The number of hydrogen-bond donors (Lipinski definition) is 1. The molecule has 1 heterocycles. The van der Waals surface area contributed by atoms with E-state index in [1.54, 1.807) is 42.5 Å². The molecule has 1 aliphatic heterocycles. The van der Waals surface area contributed by atoms with Gasteiger partial charge in [0.15, 0.2) is 0 Å². The van der Waals surface area contributed by atoms with Crippen LogP contribution in [0.25, 0.3) is 0 Å². The van der Waals surface area contributed by atoms with Gasteiger partial charge in [-0.25, -0.2) is 4.39 Å². The number of benzene rings is 2. The lowest BCUT2D eigenvalue weighted by Crippen LogP contribution is -2.38. The minimum Gasteiger partial charge on any atom is -0.389 e. The zero-order chi connectivity index (χ0) is 17.1. The summed E-state index contributed by atoms with van der Waals surface area (Å²) in [7, 11) is 0. The Bertz CT molecular complexity index is 742. The van der Waals surface area contributed by atoms with Crippen molar-refractivity contribution in [1.29, 1.82) is 0 Å². The molecule has 1 aliphatic rings. The van der Waals surface area contributed by atoms with E-state index < -0.39 is 17.9 Å². The standard InChI is InChI=1S/C18H16FNO4/c19-16-8-4-1-5-12(16)10-24-11-13(21)9-20-17(22)14-6-2-3-7-15(14)18(20)23/h1-8,13,21H,9-11H2. The summed E-state index contributed by atoms with van der Waals surface area (Å²) in [6, 6.07) is 12.7. The van der Waals surface area contributed by atoms with Crippen LogP contribution >= 0.6 is 0 Å². The molecular formula is C18H16FNO4. The van der Waals surface area contributed by atoms with Crippen LogP contribution in [0.4, 0.5) is 4.39 Å². The van der Waals surface area contributed by atoms with Gasteiger partial charge in [-0.2, -0.15) is 0 Å². The molecule has 2 aromatic rings. The Labute approximate surface area is 138 Å². The summed E-state index contributed by atoms with van der Waals surface area (Å²) in [6.45, 7) is -0.267. The van der Waals surface area contributed by atoms with E-state index >= 15 is 0 Å². The highest BCUT2D eigenvalue weighted by Gasteiger charge is 2.36. The maximum atomic E-state index is 13.5. The molecule has 0 aliphatic carbocycles. The van der Waals surface area contributed by atoms with Gasteiger partial charge in [0, 0.05) is 5.56 Å². The molecule has 2 aromatic carbocycles. The minimum absolute atomic E-state index is 0.00581. The fraction of sp³-hybridized carbons (Fsp3) is 0.222. The second kappa shape index (κ2) is 6.90. The summed E-state index contributed by atoms with van der Waals surface area (Å²) in [6.07, 6.45) is -1.04. The highest BCUT2D eigenvalue weighted by Crippen LogP contribution is 2.22. The smallest absolute Gasteiger partial charge is 0.261 e. The largest absolute Gasteiger partial charge is 0.389 e. The normalized spacial score (nSPS) is 14.8. The predicted molar refractivity (Wildman–Crippen MR) is 83.9 cm³/mol. The summed E-state index contributed by atoms with van der Waals surface area (Å²) in [4.78, 5) is 25.4. The van der Waals surface area contributed by atoms with Gasteiger partial charge in [-0.05, 0) is 18.2 Å². The molecule has 1 unspecified atom stereocenters. The molecule has 0 bridgehead atoms. The number of β-amino-alcohol motifs (C(OH)–C–C–N with tert-alkyl or cyclic N) is 1. The topological polar surface area (TPSA) is 66.8 Å². The van der Waals surface area contributed by atoms with Crippen molar-refractivity contribution in [2.75, 3.05) is 13.2 Å². The number of carbonyl (C=O) groups excluding carboxylic acids is 2. The van der Waals surface area contributed by atoms with E-state index in [0.29, 0.717) is 16.7 Å². The van der Waals surface area contributed by atoms with Crippen molar-refractivity contribution in [1.82, 2.24) is 4.90 Å². The van der Waals surface area contributed by atoms with Crippen molar-refractivity contribution >= 4 is 11.8 Å². The Balaban J connectivity index is 1.54. The van der Waals surface area contributed by atoms with Crippen LogP contribution in [0, 0.1) is 5.82 Å². The lowest BCUT2D eigenvalue weighted by Gasteiger charge is -2.18.